The molecule has 5 heteroatoms. The second-order valence-corrected chi connectivity index (χ2v) is 4.53. The summed E-state index contributed by atoms with van der Waals surface area (Å²) in [6.07, 6.45) is 0. The summed E-state index contributed by atoms with van der Waals surface area (Å²) in [5.41, 5.74) is 1.59. The summed E-state index contributed by atoms with van der Waals surface area (Å²) in [5.74, 6) is -1.56. The van der Waals surface area contributed by atoms with E-state index in [-0.39, 0.29) is 17.8 Å². The molecule has 0 saturated carbocycles. The van der Waals surface area contributed by atoms with Gasteiger partial charge in [-0.25, -0.2) is 8.78 Å². The third-order valence-electron chi connectivity index (χ3n) is 2.94. The summed E-state index contributed by atoms with van der Waals surface area (Å²) in [4.78, 5) is 0. The molecule has 0 aliphatic heterocycles. The molecule has 0 saturated heterocycles. The fraction of sp³-hybridized carbons (Fsp3) is 0.188. The SMILES string of the molecule is COCc1cccc(CNc2c(F)cc(C#N)cc2F)c1. The van der Waals surface area contributed by atoms with Crippen LogP contribution in [-0.4, -0.2) is 7.11 Å². The van der Waals surface area contributed by atoms with Crippen molar-refractivity contribution >= 4 is 5.69 Å². The van der Waals surface area contributed by atoms with Gasteiger partial charge in [0.25, 0.3) is 0 Å². The highest BCUT2D eigenvalue weighted by molar-refractivity contribution is 5.50. The molecule has 0 bridgehead atoms. The molecular formula is C16H14F2N2O. The molecule has 0 aliphatic rings. The summed E-state index contributed by atoms with van der Waals surface area (Å²) in [5, 5.41) is 11.4. The minimum atomic E-state index is -0.778. The number of methoxy groups -OCH3 is 1. The van der Waals surface area contributed by atoms with E-state index < -0.39 is 11.6 Å². The van der Waals surface area contributed by atoms with Crippen molar-refractivity contribution in [3.05, 3.63) is 64.7 Å². The van der Waals surface area contributed by atoms with Crippen LogP contribution < -0.4 is 5.32 Å². The smallest absolute Gasteiger partial charge is 0.150 e. The van der Waals surface area contributed by atoms with Gasteiger partial charge < -0.3 is 10.1 Å². The lowest BCUT2D eigenvalue weighted by Crippen LogP contribution is -2.05. The molecule has 1 N–H and O–H groups in total. The van der Waals surface area contributed by atoms with Gasteiger partial charge in [0.2, 0.25) is 0 Å². The van der Waals surface area contributed by atoms with Gasteiger partial charge in [-0.15, -0.1) is 0 Å². The molecule has 0 spiro atoms. The highest BCUT2D eigenvalue weighted by atomic mass is 19.1. The lowest BCUT2D eigenvalue weighted by molar-refractivity contribution is 0.185. The molecule has 0 aromatic heterocycles. The Morgan fingerprint density at radius 1 is 1.14 bits per heavy atom. The number of ether oxygens (including phenoxy) is 1. The molecule has 2 aromatic rings. The van der Waals surface area contributed by atoms with Gasteiger partial charge in [-0.3, -0.25) is 0 Å². The summed E-state index contributed by atoms with van der Waals surface area (Å²) >= 11 is 0. The zero-order chi connectivity index (χ0) is 15.2. The van der Waals surface area contributed by atoms with Gasteiger partial charge >= 0.3 is 0 Å². The second-order valence-electron chi connectivity index (χ2n) is 4.53. The average molecular weight is 288 g/mol. The maximum atomic E-state index is 13.7. The highest BCUT2D eigenvalue weighted by Gasteiger charge is 2.11. The van der Waals surface area contributed by atoms with E-state index in [2.05, 4.69) is 5.32 Å². The number of hydrogen-bond donors (Lipinski definition) is 1. The Balaban J connectivity index is 2.13. The van der Waals surface area contributed by atoms with E-state index in [1.54, 1.807) is 13.2 Å². The molecule has 108 valence electrons. The number of anilines is 1. The van der Waals surface area contributed by atoms with Crippen LogP contribution in [-0.2, 0) is 17.9 Å². The van der Waals surface area contributed by atoms with Crippen LogP contribution in [0.3, 0.4) is 0 Å². The number of halogens is 2. The Hall–Kier alpha value is -2.45. The molecule has 0 aliphatic carbocycles. The summed E-state index contributed by atoms with van der Waals surface area (Å²) in [6, 6.07) is 11.2. The fourth-order valence-corrected chi connectivity index (χ4v) is 1.99. The lowest BCUT2D eigenvalue weighted by Gasteiger charge is -2.10. The van der Waals surface area contributed by atoms with Crippen molar-refractivity contribution in [2.24, 2.45) is 0 Å². The molecule has 0 unspecified atom stereocenters. The molecule has 2 aromatic carbocycles. The summed E-state index contributed by atoms with van der Waals surface area (Å²) in [7, 11) is 1.60. The third kappa shape index (κ3) is 3.77. The Morgan fingerprint density at radius 2 is 1.81 bits per heavy atom. The van der Waals surface area contributed by atoms with Crippen LogP contribution in [0.2, 0.25) is 0 Å². The van der Waals surface area contributed by atoms with Gasteiger partial charge in [-0.1, -0.05) is 24.3 Å². The van der Waals surface area contributed by atoms with Gasteiger partial charge in [-0.2, -0.15) is 5.26 Å². The molecular weight excluding hydrogens is 274 g/mol. The molecule has 0 radical (unpaired) electrons. The summed E-state index contributed by atoms with van der Waals surface area (Å²) in [6.45, 7) is 0.755. The van der Waals surface area contributed by atoms with Gasteiger partial charge in [0.15, 0.2) is 11.6 Å². The lowest BCUT2D eigenvalue weighted by atomic mass is 10.1. The quantitative estimate of drug-likeness (QED) is 0.914. The number of nitriles is 1. The maximum Gasteiger partial charge on any atom is 0.150 e. The van der Waals surface area contributed by atoms with Crippen LogP contribution in [0.5, 0.6) is 0 Å². The van der Waals surface area contributed by atoms with Crippen LogP contribution in [0.1, 0.15) is 16.7 Å². The molecule has 0 heterocycles. The molecule has 21 heavy (non-hydrogen) atoms. The first-order chi connectivity index (χ1) is 10.1. The van der Waals surface area contributed by atoms with Gasteiger partial charge in [0.1, 0.15) is 5.69 Å². The van der Waals surface area contributed by atoms with Crippen molar-refractivity contribution < 1.29 is 13.5 Å². The number of hydrogen-bond acceptors (Lipinski definition) is 3. The Labute approximate surface area is 121 Å². The second kappa shape index (κ2) is 6.82. The van der Waals surface area contributed by atoms with E-state index in [1.165, 1.54) is 0 Å². The van der Waals surface area contributed by atoms with Gasteiger partial charge in [0.05, 0.1) is 18.2 Å². The van der Waals surface area contributed by atoms with Crippen LogP contribution in [0.4, 0.5) is 14.5 Å². The fourth-order valence-electron chi connectivity index (χ4n) is 1.99. The number of nitrogens with zero attached hydrogens (tertiary/aromatic N) is 1. The molecule has 0 atom stereocenters. The van der Waals surface area contributed by atoms with Crippen molar-refractivity contribution in [2.45, 2.75) is 13.2 Å². The van der Waals surface area contributed by atoms with Crippen LogP contribution in [0.15, 0.2) is 36.4 Å². The Kier molecular flexibility index (Phi) is 4.85. The van der Waals surface area contributed by atoms with Crippen molar-refractivity contribution in [3.63, 3.8) is 0 Å². The Morgan fingerprint density at radius 3 is 2.43 bits per heavy atom. The first kappa shape index (κ1) is 14.9. The first-order valence-corrected chi connectivity index (χ1v) is 6.34. The average Bonchev–Trinajstić information content (AvgIpc) is 2.47. The minimum Gasteiger partial charge on any atom is -0.380 e. The highest BCUT2D eigenvalue weighted by Crippen LogP contribution is 2.21. The van der Waals surface area contributed by atoms with E-state index in [4.69, 9.17) is 10.00 Å². The topological polar surface area (TPSA) is 45.0 Å². The van der Waals surface area contributed by atoms with Crippen LogP contribution in [0.25, 0.3) is 0 Å². The standard InChI is InChI=1S/C16H14F2N2O/c1-21-10-12-4-2-3-11(5-12)9-20-16-14(17)6-13(8-19)7-15(16)18/h2-7,20H,9-10H2,1H3. The first-order valence-electron chi connectivity index (χ1n) is 6.34. The molecule has 0 fully saturated rings. The van der Waals surface area contributed by atoms with Gasteiger partial charge in [0, 0.05) is 13.7 Å². The van der Waals surface area contributed by atoms with Gasteiger partial charge in [-0.05, 0) is 23.3 Å². The van der Waals surface area contributed by atoms with Crippen molar-refractivity contribution in [1.29, 1.82) is 5.26 Å². The van der Waals surface area contributed by atoms with Crippen molar-refractivity contribution in [1.82, 2.24) is 0 Å². The molecule has 3 nitrogen and oxygen atoms in total. The normalized spacial score (nSPS) is 10.2. The van der Waals surface area contributed by atoms with Crippen molar-refractivity contribution in [3.8, 4) is 6.07 Å². The number of rotatable bonds is 5. The zero-order valence-electron chi connectivity index (χ0n) is 11.5. The predicted octanol–water partition coefficient (Wildman–Crippen LogP) is 3.59. The van der Waals surface area contributed by atoms with E-state index in [0.29, 0.717) is 6.61 Å². The zero-order valence-corrected chi connectivity index (χ0v) is 11.5. The molecule has 0 amide bonds. The number of nitrogens with one attached hydrogen (secondary N) is 1. The van der Waals surface area contributed by atoms with E-state index in [9.17, 15) is 8.78 Å². The Bertz CT molecular complexity index is 657. The van der Waals surface area contributed by atoms with E-state index >= 15 is 0 Å². The minimum absolute atomic E-state index is 0.0439. The largest absolute Gasteiger partial charge is 0.380 e. The van der Waals surface area contributed by atoms with Crippen LogP contribution >= 0.6 is 0 Å². The monoisotopic (exact) mass is 288 g/mol. The van der Waals surface area contributed by atoms with E-state index in [0.717, 1.165) is 23.3 Å². The summed E-state index contributed by atoms with van der Waals surface area (Å²) < 4.78 is 32.5. The molecule has 2 rings (SSSR count). The number of benzene rings is 2. The van der Waals surface area contributed by atoms with Crippen LogP contribution in [0, 0.1) is 23.0 Å². The maximum absolute atomic E-state index is 13.7. The van der Waals surface area contributed by atoms with E-state index in [1.807, 2.05) is 24.3 Å². The third-order valence-corrected chi connectivity index (χ3v) is 2.94. The predicted molar refractivity (Wildman–Crippen MR) is 75.6 cm³/mol. The van der Waals surface area contributed by atoms with Crippen molar-refractivity contribution in [2.75, 3.05) is 12.4 Å².